The number of rotatable bonds is 11. The van der Waals surface area contributed by atoms with E-state index in [0.717, 1.165) is 5.57 Å². The summed E-state index contributed by atoms with van der Waals surface area (Å²) in [5.74, 6) is -9.27. The van der Waals surface area contributed by atoms with Crippen LogP contribution in [0.2, 0.25) is 0 Å². The average molecular weight is 1040 g/mol. The highest BCUT2D eigenvalue weighted by atomic mass is 16.6. The summed E-state index contributed by atoms with van der Waals surface area (Å²) < 4.78 is 35.6. The zero-order valence-corrected chi connectivity index (χ0v) is 46.0. The lowest BCUT2D eigenvalue weighted by Gasteiger charge is -2.42. The van der Waals surface area contributed by atoms with Crippen molar-refractivity contribution in [2.75, 3.05) is 41.1 Å². The number of carbonyl (C=O) groups is 6. The summed E-state index contributed by atoms with van der Waals surface area (Å²) in [6, 6.07) is -1.20. The number of esters is 2. The number of hydrogen-bond acceptors (Lipinski definition) is 16. The van der Waals surface area contributed by atoms with Gasteiger partial charge in [0.1, 0.15) is 41.7 Å². The van der Waals surface area contributed by atoms with E-state index in [4.69, 9.17) is 28.4 Å². The molecule has 0 radical (unpaired) electrons. The molecule has 0 aromatic heterocycles. The number of Topliss-reactive ketones (excluding diaryl/α,β-unsaturated/α-hetero) is 3. The molecule has 4 N–H and O–H groups in total. The lowest BCUT2D eigenvalue weighted by molar-refractivity contribution is -0.265. The molecule has 17 heteroatoms. The summed E-state index contributed by atoms with van der Waals surface area (Å²) in [6.45, 7) is 13.0. The molecule has 0 aromatic rings. The number of piperidine rings is 1. The van der Waals surface area contributed by atoms with Crippen molar-refractivity contribution in [1.29, 1.82) is 0 Å². The number of aliphatic hydroxyl groups is 4. The molecule has 1 saturated carbocycles. The SMILES string of the molecule is CC[C@@H]1/C=C(/C)[C@@H](O)[C@@H](OC)C(=O)[C@H](C)C[C@H](C)/C=C\C=CC=C(C)[C@@H](OC)C[C@@H]2CC[C@@H](C)[C@@](O)(O2)C(=O)C(=O)N2CCCC[C@H]2C(=O)O[C@H]([C@H](C)C[C@@H]2CC[C@@H](OC(=O)C(C)(CO)CO)[C@H](OC)C2)CC1=O. The monoisotopic (exact) mass is 1040 g/mol. The average Bonchev–Trinajstić information content (AvgIpc) is 3.39. The Labute approximate surface area is 439 Å². The van der Waals surface area contributed by atoms with Gasteiger partial charge < -0.3 is 53.7 Å². The number of methoxy groups -OCH3 is 3. The number of hydrogen-bond donors (Lipinski definition) is 4. The van der Waals surface area contributed by atoms with Gasteiger partial charge in [0.2, 0.25) is 5.79 Å². The Hall–Kier alpha value is -3.94. The molecule has 4 rings (SSSR count). The number of ether oxygens (including phenoxy) is 6. The first kappa shape index (κ1) is 62.6. The fourth-order valence-electron chi connectivity index (χ4n) is 10.9. The molecular weight excluding hydrogens is 955 g/mol. The van der Waals surface area contributed by atoms with Gasteiger partial charge in [0.25, 0.3) is 11.7 Å². The second-order valence-corrected chi connectivity index (χ2v) is 22.1. The van der Waals surface area contributed by atoms with Crippen LogP contribution in [0.3, 0.4) is 0 Å². The standard InChI is InChI=1S/C57H89NO16/c1-12-41-28-38(6)50(63)51(71-11)49(62)37(5)26-34(2)18-14-13-15-19-35(3)46(69-9)30-42-23-21-39(7)57(68,74-42)52(64)53(65)58-25-17-16-20-43(58)54(66)72-47(31-44(41)61)36(4)27-40-22-24-45(48(29-40)70-10)73-55(67)56(8,32-59)33-60/h13-15,18-19,28,34,36-37,39-43,45-48,50-51,59-60,63,68H,12,16-17,20-27,29-33H2,1-11H3/b15-13?,18-14-,35-19?,38-28-/t34-,36-,37-,39-,40+,41-,42+,43+,45-,46+,47+,48-,50-,51+,57-/m1/s1. The van der Waals surface area contributed by atoms with Crippen LogP contribution in [0.15, 0.2) is 47.6 Å². The number of carbonyl (C=O) groups excluding carboxylic acids is 6. The maximum absolute atomic E-state index is 14.6. The Morgan fingerprint density at radius 1 is 0.878 bits per heavy atom. The lowest BCUT2D eigenvalue weighted by Crippen LogP contribution is -2.61. The van der Waals surface area contributed by atoms with Crippen molar-refractivity contribution in [3.8, 4) is 0 Å². The molecule has 2 saturated heterocycles. The minimum Gasteiger partial charge on any atom is -0.460 e. The van der Waals surface area contributed by atoms with Crippen molar-refractivity contribution in [1.82, 2.24) is 4.90 Å². The predicted molar refractivity (Wildman–Crippen MR) is 276 cm³/mol. The van der Waals surface area contributed by atoms with E-state index in [1.54, 1.807) is 34.0 Å². The quantitative estimate of drug-likeness (QED) is 0.104. The molecule has 0 unspecified atom stereocenters. The van der Waals surface area contributed by atoms with Crippen LogP contribution in [0, 0.1) is 40.9 Å². The molecule has 4 aliphatic rings. The number of ketones is 3. The van der Waals surface area contributed by atoms with Gasteiger partial charge in [0.15, 0.2) is 5.78 Å². The molecule has 1 aliphatic carbocycles. The summed E-state index contributed by atoms with van der Waals surface area (Å²) in [5.41, 5.74) is -0.259. The zero-order chi connectivity index (χ0) is 55.1. The second kappa shape index (κ2) is 29.0. The molecule has 1 amide bonds. The van der Waals surface area contributed by atoms with Crippen LogP contribution < -0.4 is 0 Å². The number of amides is 1. The molecule has 17 nitrogen and oxygen atoms in total. The van der Waals surface area contributed by atoms with Crippen LogP contribution in [-0.4, -0.2) is 156 Å². The van der Waals surface area contributed by atoms with E-state index in [1.165, 1.54) is 26.0 Å². The van der Waals surface area contributed by atoms with Gasteiger partial charge in [-0.1, -0.05) is 71.1 Å². The fraction of sp³-hybridized carbons (Fsp3) is 0.754. The van der Waals surface area contributed by atoms with Crippen LogP contribution in [-0.2, 0) is 57.2 Å². The molecule has 3 aliphatic heterocycles. The number of cyclic esters (lactones) is 1. The Morgan fingerprint density at radius 3 is 2.22 bits per heavy atom. The molecule has 418 valence electrons. The summed E-state index contributed by atoms with van der Waals surface area (Å²) in [7, 11) is 4.44. The van der Waals surface area contributed by atoms with E-state index >= 15 is 0 Å². The highest BCUT2D eigenvalue weighted by Crippen LogP contribution is 2.39. The van der Waals surface area contributed by atoms with Gasteiger partial charge in [-0.25, -0.2) is 4.79 Å². The molecule has 0 aromatic carbocycles. The fourth-order valence-corrected chi connectivity index (χ4v) is 10.9. The molecule has 15 atom stereocenters. The van der Waals surface area contributed by atoms with Gasteiger partial charge in [-0.3, -0.25) is 24.0 Å². The Kier molecular flexibility index (Phi) is 24.5. The molecule has 3 fully saturated rings. The first-order valence-electron chi connectivity index (χ1n) is 26.9. The van der Waals surface area contributed by atoms with Gasteiger partial charge in [-0.2, -0.15) is 0 Å². The first-order valence-corrected chi connectivity index (χ1v) is 26.9. The van der Waals surface area contributed by atoms with Crippen molar-refractivity contribution in [3.63, 3.8) is 0 Å². The summed E-state index contributed by atoms with van der Waals surface area (Å²) in [4.78, 5) is 85.9. The minimum absolute atomic E-state index is 0.00748. The molecule has 3 heterocycles. The van der Waals surface area contributed by atoms with Crippen molar-refractivity contribution in [2.45, 2.75) is 193 Å². The Bertz CT molecular complexity index is 2030. The van der Waals surface area contributed by atoms with Crippen LogP contribution in [0.25, 0.3) is 0 Å². The topological polar surface area (TPSA) is 242 Å². The number of aliphatic hydroxyl groups excluding tert-OH is 3. The summed E-state index contributed by atoms with van der Waals surface area (Å²) in [5, 5.41) is 43.2. The van der Waals surface area contributed by atoms with E-state index in [-0.39, 0.29) is 42.8 Å². The van der Waals surface area contributed by atoms with E-state index in [1.807, 2.05) is 58.1 Å². The largest absolute Gasteiger partial charge is 0.460 e. The van der Waals surface area contributed by atoms with E-state index < -0.39 is 120 Å². The van der Waals surface area contributed by atoms with Crippen LogP contribution in [0.4, 0.5) is 0 Å². The Morgan fingerprint density at radius 2 is 1.58 bits per heavy atom. The van der Waals surface area contributed by atoms with Crippen LogP contribution in [0.1, 0.15) is 139 Å². The number of fused-ring (bicyclic) bond motifs is 3. The second-order valence-electron chi connectivity index (χ2n) is 22.1. The van der Waals surface area contributed by atoms with Gasteiger partial charge >= 0.3 is 11.9 Å². The third kappa shape index (κ3) is 16.1. The van der Waals surface area contributed by atoms with Gasteiger partial charge in [0, 0.05) is 58.5 Å². The number of nitrogens with zero attached hydrogens (tertiary/aromatic N) is 1. The minimum atomic E-state index is -2.47. The maximum Gasteiger partial charge on any atom is 0.329 e. The van der Waals surface area contributed by atoms with Crippen LogP contribution >= 0.6 is 0 Å². The first-order chi connectivity index (χ1) is 35.0. The van der Waals surface area contributed by atoms with E-state index in [2.05, 4.69) is 0 Å². The van der Waals surface area contributed by atoms with Crippen LogP contribution in [0.5, 0.6) is 0 Å². The van der Waals surface area contributed by atoms with Crippen molar-refractivity contribution in [2.24, 2.45) is 40.9 Å². The maximum atomic E-state index is 14.6. The van der Waals surface area contributed by atoms with Crippen molar-refractivity contribution < 1.29 is 77.6 Å². The third-order valence-corrected chi connectivity index (χ3v) is 16.2. The summed E-state index contributed by atoms with van der Waals surface area (Å²) >= 11 is 0. The van der Waals surface area contributed by atoms with Crippen molar-refractivity contribution in [3.05, 3.63) is 47.6 Å². The smallest absolute Gasteiger partial charge is 0.329 e. The summed E-state index contributed by atoms with van der Waals surface area (Å²) in [6.07, 6.45) is 10.2. The van der Waals surface area contributed by atoms with Gasteiger partial charge in [0.05, 0.1) is 31.5 Å². The van der Waals surface area contributed by atoms with E-state index in [9.17, 15) is 49.2 Å². The highest BCUT2D eigenvalue weighted by Gasteiger charge is 2.53. The molecule has 74 heavy (non-hydrogen) atoms. The molecule has 0 spiro atoms. The molecular formula is C57H89NO16. The zero-order valence-electron chi connectivity index (χ0n) is 46.0. The highest BCUT2D eigenvalue weighted by molar-refractivity contribution is 6.39. The van der Waals surface area contributed by atoms with Crippen molar-refractivity contribution >= 4 is 35.2 Å². The predicted octanol–water partition coefficient (Wildman–Crippen LogP) is 6.11. The van der Waals surface area contributed by atoms with Gasteiger partial charge in [-0.05, 0) is 120 Å². The van der Waals surface area contributed by atoms with E-state index in [0.29, 0.717) is 76.2 Å². The molecule has 2 bridgehead atoms. The third-order valence-electron chi connectivity index (χ3n) is 16.2. The van der Waals surface area contributed by atoms with Gasteiger partial charge in [-0.15, -0.1) is 0 Å². The normalized spacial score (nSPS) is 36.0. The Balaban J connectivity index is 1.72. The lowest BCUT2D eigenvalue weighted by atomic mass is 9.78. The number of allylic oxidation sites excluding steroid dienone is 6.